The van der Waals surface area contributed by atoms with Crippen LogP contribution in [0.15, 0.2) is 0 Å². The summed E-state index contributed by atoms with van der Waals surface area (Å²) in [7, 11) is 0. The Bertz CT molecular complexity index is 428. The number of piperidine rings is 1. The highest BCUT2D eigenvalue weighted by Gasteiger charge is 2.16. The molecule has 1 fully saturated rings. The summed E-state index contributed by atoms with van der Waals surface area (Å²) in [5, 5.41) is 3.32. The number of aromatic nitrogens is 3. The van der Waals surface area contributed by atoms with E-state index in [1.807, 2.05) is 0 Å². The summed E-state index contributed by atoms with van der Waals surface area (Å²) in [5.74, 6) is 2.22. The summed E-state index contributed by atoms with van der Waals surface area (Å²) in [5.41, 5.74) is 5.81. The van der Waals surface area contributed by atoms with E-state index in [2.05, 4.69) is 45.9 Å². The van der Waals surface area contributed by atoms with E-state index in [9.17, 15) is 0 Å². The van der Waals surface area contributed by atoms with Crippen molar-refractivity contribution in [3.8, 4) is 0 Å². The third kappa shape index (κ3) is 4.21. The molecule has 0 bridgehead atoms. The molecule has 0 amide bonds. The van der Waals surface area contributed by atoms with Crippen LogP contribution in [0.1, 0.15) is 46.5 Å². The summed E-state index contributed by atoms with van der Waals surface area (Å²) in [6, 6.07) is 0.325. The van der Waals surface area contributed by atoms with Crippen LogP contribution in [0.2, 0.25) is 0 Å². The molecule has 20 heavy (non-hydrogen) atoms. The van der Waals surface area contributed by atoms with Crippen molar-refractivity contribution in [3.05, 3.63) is 0 Å². The zero-order chi connectivity index (χ0) is 14.5. The van der Waals surface area contributed by atoms with Gasteiger partial charge in [-0.05, 0) is 38.5 Å². The summed E-state index contributed by atoms with van der Waals surface area (Å²) in [6.45, 7) is 8.56. The Labute approximate surface area is 121 Å². The van der Waals surface area contributed by atoms with Crippen LogP contribution in [0.4, 0.5) is 17.8 Å². The molecule has 1 unspecified atom stereocenters. The Balaban J connectivity index is 2.07. The zero-order valence-electron chi connectivity index (χ0n) is 12.8. The van der Waals surface area contributed by atoms with E-state index in [0.717, 1.165) is 19.5 Å². The molecule has 0 spiro atoms. The number of nitrogens with two attached hydrogens (primary N) is 1. The molecule has 1 aromatic rings. The highest BCUT2D eigenvalue weighted by atomic mass is 15.3. The minimum Gasteiger partial charge on any atom is -0.368 e. The van der Waals surface area contributed by atoms with Gasteiger partial charge in [-0.1, -0.05) is 13.8 Å². The smallest absolute Gasteiger partial charge is 0.231 e. The second-order valence-corrected chi connectivity index (χ2v) is 6.04. The first-order chi connectivity index (χ1) is 9.54. The molecule has 0 aliphatic carbocycles. The van der Waals surface area contributed by atoms with Crippen molar-refractivity contribution in [2.45, 2.75) is 52.5 Å². The zero-order valence-corrected chi connectivity index (χ0v) is 12.8. The van der Waals surface area contributed by atoms with Gasteiger partial charge < -0.3 is 16.0 Å². The molecule has 2 heterocycles. The summed E-state index contributed by atoms with van der Waals surface area (Å²) < 4.78 is 0. The first kappa shape index (κ1) is 14.8. The Morgan fingerprint density at radius 3 is 2.45 bits per heavy atom. The predicted octanol–water partition coefficient (Wildman–Crippen LogP) is 2.29. The summed E-state index contributed by atoms with van der Waals surface area (Å²) in [6.07, 6.45) is 4.74. The minimum absolute atomic E-state index is 0.292. The van der Waals surface area contributed by atoms with Gasteiger partial charge in [0, 0.05) is 19.1 Å². The lowest BCUT2D eigenvalue weighted by Gasteiger charge is -2.27. The van der Waals surface area contributed by atoms with E-state index in [4.69, 9.17) is 5.73 Å². The fourth-order valence-corrected chi connectivity index (χ4v) is 2.67. The molecule has 1 aliphatic rings. The maximum Gasteiger partial charge on any atom is 0.231 e. The predicted molar refractivity (Wildman–Crippen MR) is 82.8 cm³/mol. The largest absolute Gasteiger partial charge is 0.368 e. The van der Waals surface area contributed by atoms with Gasteiger partial charge in [-0.2, -0.15) is 15.0 Å². The first-order valence-corrected chi connectivity index (χ1v) is 7.57. The number of nitrogen functional groups attached to an aromatic ring is 1. The van der Waals surface area contributed by atoms with Crippen molar-refractivity contribution >= 4 is 17.8 Å². The molecule has 0 radical (unpaired) electrons. The van der Waals surface area contributed by atoms with Crippen molar-refractivity contribution in [2.75, 3.05) is 29.0 Å². The molecule has 1 atom stereocenters. The molecule has 3 N–H and O–H groups in total. The van der Waals surface area contributed by atoms with Crippen LogP contribution in [0.25, 0.3) is 0 Å². The maximum absolute atomic E-state index is 5.81. The lowest BCUT2D eigenvalue weighted by Crippen LogP contribution is -2.32. The molecular weight excluding hydrogens is 252 g/mol. The number of hydrogen-bond acceptors (Lipinski definition) is 6. The van der Waals surface area contributed by atoms with Crippen molar-refractivity contribution < 1.29 is 0 Å². The van der Waals surface area contributed by atoms with E-state index in [-0.39, 0.29) is 0 Å². The van der Waals surface area contributed by atoms with Gasteiger partial charge in [0.2, 0.25) is 17.8 Å². The van der Waals surface area contributed by atoms with Gasteiger partial charge in [-0.15, -0.1) is 0 Å². The maximum atomic E-state index is 5.81. The molecule has 6 heteroatoms. The van der Waals surface area contributed by atoms with Crippen molar-refractivity contribution in [1.29, 1.82) is 0 Å². The van der Waals surface area contributed by atoms with Crippen LogP contribution >= 0.6 is 0 Å². The standard InChI is InChI=1S/C14H26N6/c1-10(2)9-11(3)16-13-17-12(15)18-14(19-13)20-7-5-4-6-8-20/h10-11H,4-9H2,1-3H3,(H3,15,16,17,18,19). The Morgan fingerprint density at radius 2 is 1.80 bits per heavy atom. The van der Waals surface area contributed by atoms with E-state index in [1.165, 1.54) is 19.3 Å². The molecular formula is C14H26N6. The second kappa shape index (κ2) is 6.72. The van der Waals surface area contributed by atoms with Gasteiger partial charge >= 0.3 is 0 Å². The number of nitrogens with zero attached hydrogens (tertiary/aromatic N) is 4. The van der Waals surface area contributed by atoms with Crippen LogP contribution < -0.4 is 16.0 Å². The van der Waals surface area contributed by atoms with Crippen LogP contribution in [-0.2, 0) is 0 Å². The Morgan fingerprint density at radius 1 is 1.10 bits per heavy atom. The first-order valence-electron chi connectivity index (χ1n) is 7.57. The van der Waals surface area contributed by atoms with E-state index >= 15 is 0 Å². The Hall–Kier alpha value is -1.59. The SMILES string of the molecule is CC(C)CC(C)Nc1nc(N)nc(N2CCCCC2)n1. The van der Waals surface area contributed by atoms with Gasteiger partial charge in [0.25, 0.3) is 0 Å². The normalized spacial score (nSPS) is 17.3. The average molecular weight is 278 g/mol. The van der Waals surface area contributed by atoms with Gasteiger partial charge in [0.15, 0.2) is 0 Å². The molecule has 0 saturated carbocycles. The lowest BCUT2D eigenvalue weighted by atomic mass is 10.1. The van der Waals surface area contributed by atoms with Crippen molar-refractivity contribution in [2.24, 2.45) is 5.92 Å². The molecule has 112 valence electrons. The van der Waals surface area contributed by atoms with Gasteiger partial charge in [-0.25, -0.2) is 0 Å². The van der Waals surface area contributed by atoms with Gasteiger partial charge in [0.1, 0.15) is 0 Å². The third-order valence-corrected chi connectivity index (χ3v) is 3.48. The van der Waals surface area contributed by atoms with Crippen LogP contribution in [0, 0.1) is 5.92 Å². The van der Waals surface area contributed by atoms with Crippen molar-refractivity contribution in [1.82, 2.24) is 15.0 Å². The monoisotopic (exact) mass is 278 g/mol. The van der Waals surface area contributed by atoms with Crippen LogP contribution in [-0.4, -0.2) is 34.1 Å². The lowest BCUT2D eigenvalue weighted by molar-refractivity contribution is 0.537. The number of hydrogen-bond donors (Lipinski definition) is 2. The number of anilines is 3. The highest BCUT2D eigenvalue weighted by Crippen LogP contribution is 2.18. The summed E-state index contributed by atoms with van der Waals surface area (Å²) >= 11 is 0. The Kier molecular flexibility index (Phi) is 4.98. The minimum atomic E-state index is 0.292. The quantitative estimate of drug-likeness (QED) is 0.860. The molecule has 6 nitrogen and oxygen atoms in total. The van der Waals surface area contributed by atoms with E-state index < -0.39 is 0 Å². The van der Waals surface area contributed by atoms with Gasteiger partial charge in [-0.3, -0.25) is 0 Å². The fourth-order valence-electron chi connectivity index (χ4n) is 2.67. The topological polar surface area (TPSA) is 80.0 Å². The average Bonchev–Trinajstić information content (AvgIpc) is 2.38. The van der Waals surface area contributed by atoms with E-state index in [1.54, 1.807) is 0 Å². The molecule has 1 aromatic heterocycles. The number of rotatable bonds is 5. The van der Waals surface area contributed by atoms with Crippen LogP contribution in [0.3, 0.4) is 0 Å². The van der Waals surface area contributed by atoms with E-state index in [0.29, 0.717) is 29.8 Å². The van der Waals surface area contributed by atoms with Gasteiger partial charge in [0.05, 0.1) is 0 Å². The molecule has 1 saturated heterocycles. The second-order valence-electron chi connectivity index (χ2n) is 6.04. The molecule has 1 aliphatic heterocycles. The highest BCUT2D eigenvalue weighted by molar-refractivity contribution is 5.42. The molecule has 0 aromatic carbocycles. The fraction of sp³-hybridized carbons (Fsp3) is 0.786. The third-order valence-electron chi connectivity index (χ3n) is 3.48. The van der Waals surface area contributed by atoms with Crippen LogP contribution in [0.5, 0.6) is 0 Å². The number of nitrogens with one attached hydrogen (secondary N) is 1. The molecule has 2 rings (SSSR count). The van der Waals surface area contributed by atoms with Crippen molar-refractivity contribution in [3.63, 3.8) is 0 Å². The summed E-state index contributed by atoms with van der Waals surface area (Å²) in [4.78, 5) is 15.2.